The first-order chi connectivity index (χ1) is 14.1. The molecule has 1 aliphatic rings. The summed E-state index contributed by atoms with van der Waals surface area (Å²) in [6, 6.07) is 13.3. The maximum absolute atomic E-state index is 13.1. The van der Waals surface area contributed by atoms with Gasteiger partial charge in [0.2, 0.25) is 5.91 Å². The van der Waals surface area contributed by atoms with Crippen molar-refractivity contribution in [2.24, 2.45) is 7.05 Å². The van der Waals surface area contributed by atoms with Crippen LogP contribution in [0.1, 0.15) is 25.0 Å². The lowest BCUT2D eigenvalue weighted by Gasteiger charge is -2.28. The average Bonchev–Trinajstić information content (AvgIpc) is 3.48. The lowest BCUT2D eigenvalue weighted by atomic mass is 10.3. The summed E-state index contributed by atoms with van der Waals surface area (Å²) < 4.78 is 7.15. The SMILES string of the molecule is COCCCN(CC(=O)N(Cc1cccn1C)C1CC1)C(=O)Nc1ccccc1. The van der Waals surface area contributed by atoms with E-state index in [1.165, 1.54) is 0 Å². The molecule has 0 bridgehead atoms. The molecular weight excluding hydrogens is 368 g/mol. The Labute approximate surface area is 172 Å². The van der Waals surface area contributed by atoms with E-state index in [4.69, 9.17) is 4.74 Å². The topological polar surface area (TPSA) is 66.8 Å². The molecule has 1 aromatic heterocycles. The molecule has 1 N–H and O–H groups in total. The molecule has 1 saturated carbocycles. The summed E-state index contributed by atoms with van der Waals surface area (Å²) in [4.78, 5) is 29.4. The number of urea groups is 1. The molecule has 3 rings (SSSR count). The molecule has 0 radical (unpaired) electrons. The number of amides is 3. The normalized spacial score (nSPS) is 13.2. The van der Waals surface area contributed by atoms with Gasteiger partial charge in [0.1, 0.15) is 6.54 Å². The van der Waals surface area contributed by atoms with Gasteiger partial charge in [-0.1, -0.05) is 18.2 Å². The summed E-state index contributed by atoms with van der Waals surface area (Å²) in [5.74, 6) is -0.0191. The van der Waals surface area contributed by atoms with E-state index in [0.717, 1.165) is 18.5 Å². The minimum Gasteiger partial charge on any atom is -0.385 e. The summed E-state index contributed by atoms with van der Waals surface area (Å²) in [7, 11) is 3.61. The number of nitrogens with one attached hydrogen (secondary N) is 1. The third kappa shape index (κ3) is 6.09. The van der Waals surface area contributed by atoms with E-state index in [-0.39, 0.29) is 24.5 Å². The van der Waals surface area contributed by atoms with E-state index < -0.39 is 0 Å². The number of hydrogen-bond donors (Lipinski definition) is 1. The van der Waals surface area contributed by atoms with Crippen LogP contribution in [0.2, 0.25) is 0 Å². The maximum Gasteiger partial charge on any atom is 0.322 e. The van der Waals surface area contributed by atoms with Gasteiger partial charge >= 0.3 is 6.03 Å². The van der Waals surface area contributed by atoms with Gasteiger partial charge in [0, 0.05) is 50.9 Å². The molecule has 7 nitrogen and oxygen atoms in total. The van der Waals surface area contributed by atoms with Crippen molar-refractivity contribution >= 4 is 17.6 Å². The number of aryl methyl sites for hydroxylation is 1. The number of hydrogen-bond acceptors (Lipinski definition) is 3. The summed E-state index contributed by atoms with van der Waals surface area (Å²) in [6.07, 6.45) is 4.70. The van der Waals surface area contributed by atoms with Crippen LogP contribution in [0, 0.1) is 0 Å². The fraction of sp³-hybridized carbons (Fsp3) is 0.455. The maximum atomic E-state index is 13.1. The van der Waals surface area contributed by atoms with Crippen LogP contribution < -0.4 is 5.32 Å². The molecule has 1 fully saturated rings. The number of benzene rings is 1. The Bertz CT molecular complexity index is 801. The highest BCUT2D eigenvalue weighted by Crippen LogP contribution is 2.28. The zero-order chi connectivity index (χ0) is 20.6. The van der Waals surface area contributed by atoms with Gasteiger partial charge in [0.25, 0.3) is 0 Å². The lowest BCUT2D eigenvalue weighted by molar-refractivity contribution is -0.133. The van der Waals surface area contributed by atoms with Gasteiger partial charge in [0.05, 0.1) is 6.54 Å². The minimum atomic E-state index is -0.268. The number of methoxy groups -OCH3 is 1. The van der Waals surface area contributed by atoms with Gasteiger partial charge in [0.15, 0.2) is 0 Å². The molecule has 0 unspecified atom stereocenters. The zero-order valence-corrected chi connectivity index (χ0v) is 17.2. The summed E-state index contributed by atoms with van der Waals surface area (Å²) in [6.45, 7) is 1.63. The molecule has 156 valence electrons. The Hall–Kier alpha value is -2.80. The van der Waals surface area contributed by atoms with E-state index in [9.17, 15) is 9.59 Å². The molecule has 7 heteroatoms. The van der Waals surface area contributed by atoms with Crippen LogP contribution in [0.25, 0.3) is 0 Å². The molecule has 0 spiro atoms. The second-order valence-corrected chi connectivity index (χ2v) is 7.43. The number of aromatic nitrogens is 1. The first-order valence-electron chi connectivity index (χ1n) is 10.1. The number of ether oxygens (including phenoxy) is 1. The van der Waals surface area contributed by atoms with Crippen molar-refractivity contribution in [1.29, 1.82) is 0 Å². The molecule has 0 atom stereocenters. The standard InChI is InChI=1S/C22H30N4O3/c1-24-13-6-10-20(24)16-26(19-11-12-19)21(27)17-25(14-7-15-29-2)22(28)23-18-8-4-3-5-9-18/h3-6,8-10,13,19H,7,11-12,14-17H2,1-2H3,(H,23,28). The first-order valence-corrected chi connectivity index (χ1v) is 10.1. The number of carbonyl (C=O) groups is 2. The average molecular weight is 399 g/mol. The second-order valence-electron chi connectivity index (χ2n) is 7.43. The Morgan fingerprint density at radius 3 is 2.55 bits per heavy atom. The number of para-hydroxylation sites is 1. The molecule has 2 aromatic rings. The van der Waals surface area contributed by atoms with E-state index >= 15 is 0 Å². The van der Waals surface area contributed by atoms with E-state index in [2.05, 4.69) is 5.32 Å². The van der Waals surface area contributed by atoms with Crippen molar-refractivity contribution in [1.82, 2.24) is 14.4 Å². The number of nitrogens with zero attached hydrogens (tertiary/aromatic N) is 3. The van der Waals surface area contributed by atoms with Crippen molar-refractivity contribution in [3.8, 4) is 0 Å². The van der Waals surface area contributed by atoms with Crippen molar-refractivity contribution in [3.63, 3.8) is 0 Å². The summed E-state index contributed by atoms with van der Waals surface area (Å²) in [5, 5.41) is 2.88. The van der Waals surface area contributed by atoms with Crippen LogP contribution in [0.5, 0.6) is 0 Å². The number of anilines is 1. The van der Waals surface area contributed by atoms with E-state index in [0.29, 0.717) is 31.8 Å². The molecule has 1 aromatic carbocycles. The Morgan fingerprint density at radius 2 is 1.93 bits per heavy atom. The fourth-order valence-electron chi connectivity index (χ4n) is 3.27. The quantitative estimate of drug-likeness (QED) is 0.626. The molecule has 1 heterocycles. The van der Waals surface area contributed by atoms with Crippen LogP contribution >= 0.6 is 0 Å². The summed E-state index contributed by atoms with van der Waals surface area (Å²) >= 11 is 0. The van der Waals surface area contributed by atoms with Gasteiger partial charge in [-0.15, -0.1) is 0 Å². The van der Waals surface area contributed by atoms with Gasteiger partial charge in [-0.2, -0.15) is 0 Å². The highest BCUT2D eigenvalue weighted by molar-refractivity contribution is 5.92. The first kappa shape index (κ1) is 20.9. The molecule has 0 saturated heterocycles. The highest BCUT2D eigenvalue weighted by Gasteiger charge is 2.34. The number of carbonyl (C=O) groups excluding carboxylic acids is 2. The third-order valence-electron chi connectivity index (χ3n) is 5.11. The van der Waals surface area contributed by atoms with Crippen LogP contribution in [0.4, 0.5) is 10.5 Å². The molecule has 29 heavy (non-hydrogen) atoms. The largest absolute Gasteiger partial charge is 0.385 e. The van der Waals surface area contributed by atoms with Crippen LogP contribution in [0.3, 0.4) is 0 Å². The Balaban J connectivity index is 1.66. The lowest BCUT2D eigenvalue weighted by Crippen LogP contribution is -2.45. The monoisotopic (exact) mass is 398 g/mol. The summed E-state index contributed by atoms with van der Waals surface area (Å²) in [5.41, 5.74) is 1.80. The van der Waals surface area contributed by atoms with E-state index in [1.807, 2.05) is 65.2 Å². The van der Waals surface area contributed by atoms with Gasteiger partial charge in [-0.3, -0.25) is 4.79 Å². The predicted octanol–water partition coefficient (Wildman–Crippen LogP) is 3.09. The van der Waals surface area contributed by atoms with Gasteiger partial charge in [-0.25, -0.2) is 4.79 Å². The van der Waals surface area contributed by atoms with E-state index in [1.54, 1.807) is 12.0 Å². The van der Waals surface area contributed by atoms with Crippen molar-refractivity contribution in [2.45, 2.75) is 31.8 Å². The Kier molecular flexibility index (Phi) is 7.30. The van der Waals surface area contributed by atoms with Crippen LogP contribution in [0.15, 0.2) is 48.7 Å². The predicted molar refractivity (Wildman–Crippen MR) is 113 cm³/mol. The molecule has 1 aliphatic carbocycles. The van der Waals surface area contributed by atoms with Crippen molar-refractivity contribution in [2.75, 3.05) is 32.1 Å². The van der Waals surface area contributed by atoms with Gasteiger partial charge in [-0.05, 0) is 43.5 Å². The third-order valence-corrected chi connectivity index (χ3v) is 5.11. The smallest absolute Gasteiger partial charge is 0.322 e. The molecule has 0 aliphatic heterocycles. The van der Waals surface area contributed by atoms with Crippen LogP contribution in [-0.2, 0) is 23.1 Å². The zero-order valence-electron chi connectivity index (χ0n) is 17.2. The molecule has 3 amide bonds. The Morgan fingerprint density at radius 1 is 1.17 bits per heavy atom. The highest BCUT2D eigenvalue weighted by atomic mass is 16.5. The van der Waals surface area contributed by atoms with Crippen molar-refractivity contribution < 1.29 is 14.3 Å². The second kappa shape index (κ2) is 10.1. The van der Waals surface area contributed by atoms with Gasteiger partial charge < -0.3 is 24.4 Å². The minimum absolute atomic E-state index is 0.0191. The number of rotatable bonds is 10. The van der Waals surface area contributed by atoms with Crippen molar-refractivity contribution in [3.05, 3.63) is 54.4 Å². The fourth-order valence-corrected chi connectivity index (χ4v) is 3.27. The van der Waals surface area contributed by atoms with Crippen LogP contribution in [-0.4, -0.2) is 59.2 Å². The molecular formula is C22H30N4O3.